The lowest BCUT2D eigenvalue weighted by atomic mass is 10.2. The van der Waals surface area contributed by atoms with Gasteiger partial charge >= 0.3 is 0 Å². The molecule has 0 heterocycles. The van der Waals surface area contributed by atoms with Crippen molar-refractivity contribution < 1.29 is 18.0 Å². The van der Waals surface area contributed by atoms with Crippen molar-refractivity contribution in [3.63, 3.8) is 0 Å². The topological polar surface area (TPSA) is 29.1 Å². The van der Waals surface area contributed by atoms with E-state index >= 15 is 0 Å². The first-order chi connectivity index (χ1) is 8.97. The highest BCUT2D eigenvalue weighted by Crippen LogP contribution is 2.19. The summed E-state index contributed by atoms with van der Waals surface area (Å²) < 4.78 is 39.7. The maximum Gasteiger partial charge on any atom is 0.258 e. The molecule has 0 unspecified atom stereocenters. The molecule has 2 nitrogen and oxygen atoms in total. The standard InChI is InChI=1S/C13H7ClF3NO/c14-7-1-3-9(11(17)5-7)13(19)18-12-6-8(15)2-4-10(12)16/h1-6H,(H,18,19). The van der Waals surface area contributed by atoms with Gasteiger partial charge in [0, 0.05) is 11.1 Å². The summed E-state index contributed by atoms with van der Waals surface area (Å²) in [5, 5.41) is 2.22. The van der Waals surface area contributed by atoms with Crippen molar-refractivity contribution in [2.75, 3.05) is 5.32 Å². The molecule has 1 N–H and O–H groups in total. The molecule has 2 aromatic carbocycles. The predicted octanol–water partition coefficient (Wildman–Crippen LogP) is 4.01. The molecule has 1 amide bonds. The number of amides is 1. The van der Waals surface area contributed by atoms with Crippen molar-refractivity contribution in [1.82, 2.24) is 0 Å². The summed E-state index contributed by atoms with van der Waals surface area (Å²) in [6.07, 6.45) is 0. The summed E-state index contributed by atoms with van der Waals surface area (Å²) in [4.78, 5) is 11.7. The highest BCUT2D eigenvalue weighted by molar-refractivity contribution is 6.30. The van der Waals surface area contributed by atoms with E-state index in [2.05, 4.69) is 5.32 Å². The Balaban J connectivity index is 2.28. The van der Waals surface area contributed by atoms with Gasteiger partial charge in [-0.15, -0.1) is 0 Å². The number of anilines is 1. The van der Waals surface area contributed by atoms with Crippen LogP contribution in [-0.4, -0.2) is 5.91 Å². The number of benzene rings is 2. The van der Waals surface area contributed by atoms with Crippen LogP contribution in [0, 0.1) is 17.5 Å². The molecule has 19 heavy (non-hydrogen) atoms. The minimum absolute atomic E-state index is 0.131. The van der Waals surface area contributed by atoms with Crippen LogP contribution >= 0.6 is 11.6 Å². The van der Waals surface area contributed by atoms with Gasteiger partial charge in [-0.05, 0) is 30.3 Å². The van der Waals surface area contributed by atoms with Crippen molar-refractivity contribution in [1.29, 1.82) is 0 Å². The average molecular weight is 286 g/mol. The first kappa shape index (κ1) is 13.4. The van der Waals surface area contributed by atoms with E-state index in [1.807, 2.05) is 0 Å². The highest BCUT2D eigenvalue weighted by Gasteiger charge is 2.14. The molecule has 0 saturated carbocycles. The highest BCUT2D eigenvalue weighted by atomic mass is 35.5. The van der Waals surface area contributed by atoms with Gasteiger partial charge in [-0.2, -0.15) is 0 Å². The summed E-state index contributed by atoms with van der Waals surface area (Å²) in [7, 11) is 0. The minimum atomic E-state index is -0.890. The lowest BCUT2D eigenvalue weighted by Crippen LogP contribution is -2.14. The van der Waals surface area contributed by atoms with E-state index in [9.17, 15) is 18.0 Å². The molecule has 0 fully saturated rings. The molecule has 0 atom stereocenters. The Hall–Kier alpha value is -2.01. The van der Waals surface area contributed by atoms with Gasteiger partial charge in [-0.1, -0.05) is 11.6 Å². The fourth-order valence-electron chi connectivity index (χ4n) is 1.46. The van der Waals surface area contributed by atoms with Crippen LogP contribution in [0.1, 0.15) is 10.4 Å². The second kappa shape index (κ2) is 5.32. The van der Waals surface area contributed by atoms with Crippen LogP contribution in [0.4, 0.5) is 18.9 Å². The van der Waals surface area contributed by atoms with Crippen molar-refractivity contribution in [3.8, 4) is 0 Å². The van der Waals surface area contributed by atoms with Crippen LogP contribution in [0.2, 0.25) is 5.02 Å². The molecule has 0 saturated heterocycles. The summed E-state index contributed by atoms with van der Waals surface area (Å²) in [6.45, 7) is 0. The van der Waals surface area contributed by atoms with E-state index < -0.39 is 23.4 Å². The molecular formula is C13H7ClF3NO. The maximum absolute atomic E-state index is 13.5. The molecule has 0 bridgehead atoms. The first-order valence-electron chi connectivity index (χ1n) is 5.19. The summed E-state index contributed by atoms with van der Waals surface area (Å²) in [5.74, 6) is -3.27. The van der Waals surface area contributed by atoms with Gasteiger partial charge in [-0.3, -0.25) is 4.79 Å². The summed E-state index contributed by atoms with van der Waals surface area (Å²) >= 11 is 5.55. The number of rotatable bonds is 2. The van der Waals surface area contributed by atoms with E-state index in [0.29, 0.717) is 0 Å². The Labute approximate surface area is 111 Å². The largest absolute Gasteiger partial charge is 0.319 e. The molecule has 2 rings (SSSR count). The SMILES string of the molecule is O=C(Nc1cc(F)ccc1F)c1ccc(Cl)cc1F. The number of carbonyl (C=O) groups excluding carboxylic acids is 1. The molecule has 0 spiro atoms. The molecule has 0 aliphatic carbocycles. The zero-order valence-corrected chi connectivity index (χ0v) is 10.1. The fraction of sp³-hybridized carbons (Fsp3) is 0. The van der Waals surface area contributed by atoms with Gasteiger partial charge in [-0.25, -0.2) is 13.2 Å². The van der Waals surface area contributed by atoms with Crippen LogP contribution < -0.4 is 5.32 Å². The van der Waals surface area contributed by atoms with Crippen LogP contribution in [-0.2, 0) is 0 Å². The monoisotopic (exact) mass is 285 g/mol. The third-order valence-electron chi connectivity index (χ3n) is 2.35. The smallest absolute Gasteiger partial charge is 0.258 e. The number of hydrogen-bond acceptors (Lipinski definition) is 1. The van der Waals surface area contributed by atoms with Gasteiger partial charge in [0.25, 0.3) is 5.91 Å². The Morgan fingerprint density at radius 1 is 1.00 bits per heavy atom. The maximum atomic E-state index is 13.5. The summed E-state index contributed by atoms with van der Waals surface area (Å²) in [6, 6.07) is 6.02. The molecule has 0 aliphatic heterocycles. The van der Waals surface area contributed by atoms with Crippen LogP contribution in [0.5, 0.6) is 0 Å². The number of carbonyl (C=O) groups is 1. The number of nitrogens with one attached hydrogen (secondary N) is 1. The Bertz CT molecular complexity index is 646. The van der Waals surface area contributed by atoms with Crippen molar-refractivity contribution >= 4 is 23.2 Å². The lowest BCUT2D eigenvalue weighted by Gasteiger charge is -2.07. The Morgan fingerprint density at radius 3 is 2.42 bits per heavy atom. The fourth-order valence-corrected chi connectivity index (χ4v) is 1.62. The van der Waals surface area contributed by atoms with E-state index in [4.69, 9.17) is 11.6 Å². The zero-order valence-electron chi connectivity index (χ0n) is 9.38. The Morgan fingerprint density at radius 2 is 1.74 bits per heavy atom. The van der Waals surface area contributed by atoms with Gasteiger partial charge in [0.15, 0.2) is 0 Å². The summed E-state index contributed by atoms with van der Waals surface area (Å²) in [5.41, 5.74) is -0.674. The van der Waals surface area contributed by atoms with Crippen LogP contribution in [0.25, 0.3) is 0 Å². The third kappa shape index (κ3) is 3.06. The second-order valence-electron chi connectivity index (χ2n) is 3.70. The van der Waals surface area contributed by atoms with E-state index in [1.54, 1.807) is 0 Å². The zero-order chi connectivity index (χ0) is 14.0. The molecule has 0 aliphatic rings. The van der Waals surface area contributed by atoms with Crippen molar-refractivity contribution in [2.24, 2.45) is 0 Å². The third-order valence-corrected chi connectivity index (χ3v) is 2.59. The van der Waals surface area contributed by atoms with Gasteiger partial charge in [0.1, 0.15) is 17.5 Å². The van der Waals surface area contributed by atoms with Gasteiger partial charge in [0.2, 0.25) is 0 Å². The predicted molar refractivity (Wildman–Crippen MR) is 65.7 cm³/mol. The molecule has 6 heteroatoms. The van der Waals surface area contributed by atoms with Crippen LogP contribution in [0.3, 0.4) is 0 Å². The first-order valence-corrected chi connectivity index (χ1v) is 5.56. The molecule has 98 valence electrons. The van der Waals surface area contributed by atoms with E-state index in [0.717, 1.165) is 30.3 Å². The minimum Gasteiger partial charge on any atom is -0.319 e. The lowest BCUT2D eigenvalue weighted by molar-refractivity contribution is 0.102. The van der Waals surface area contributed by atoms with Gasteiger partial charge < -0.3 is 5.32 Å². The molecule has 0 aromatic heterocycles. The number of hydrogen-bond donors (Lipinski definition) is 1. The van der Waals surface area contributed by atoms with Crippen molar-refractivity contribution in [3.05, 3.63) is 64.4 Å². The molecule has 0 radical (unpaired) electrons. The molecular weight excluding hydrogens is 279 g/mol. The molecule has 2 aromatic rings. The Kier molecular flexibility index (Phi) is 3.76. The van der Waals surface area contributed by atoms with E-state index in [1.165, 1.54) is 6.07 Å². The van der Waals surface area contributed by atoms with Crippen molar-refractivity contribution in [2.45, 2.75) is 0 Å². The average Bonchev–Trinajstić information content (AvgIpc) is 2.33. The van der Waals surface area contributed by atoms with Crippen LogP contribution in [0.15, 0.2) is 36.4 Å². The number of halogens is 4. The normalized spacial score (nSPS) is 10.3. The second-order valence-corrected chi connectivity index (χ2v) is 4.14. The van der Waals surface area contributed by atoms with E-state index in [-0.39, 0.29) is 16.3 Å². The van der Waals surface area contributed by atoms with Gasteiger partial charge in [0.05, 0.1) is 11.3 Å². The quantitative estimate of drug-likeness (QED) is 0.887.